The van der Waals surface area contributed by atoms with Crippen molar-refractivity contribution in [1.29, 1.82) is 0 Å². The van der Waals surface area contributed by atoms with E-state index in [0.717, 1.165) is 5.92 Å². The molecule has 1 aromatic heterocycles. The van der Waals surface area contributed by atoms with Crippen molar-refractivity contribution >= 4 is 0 Å². The average Bonchev–Trinajstić information content (AvgIpc) is 2.65. The van der Waals surface area contributed by atoms with Crippen LogP contribution < -0.4 is 0 Å². The van der Waals surface area contributed by atoms with Gasteiger partial charge in [0, 0.05) is 12.4 Å². The van der Waals surface area contributed by atoms with Gasteiger partial charge in [-0.1, -0.05) is 0 Å². The van der Waals surface area contributed by atoms with E-state index in [1.165, 1.54) is 12.8 Å². The molecule has 0 saturated heterocycles. The topological polar surface area (TPSA) is 17.8 Å². The third kappa shape index (κ3) is 0.939. The Bertz CT molecular complexity index is 199. The van der Waals surface area contributed by atoms with E-state index < -0.39 is 0 Å². The quantitative estimate of drug-likeness (QED) is 0.606. The van der Waals surface area contributed by atoms with Crippen molar-refractivity contribution in [2.45, 2.75) is 25.8 Å². The van der Waals surface area contributed by atoms with Crippen LogP contribution in [0.25, 0.3) is 0 Å². The fourth-order valence-electron chi connectivity index (χ4n) is 1.32. The zero-order chi connectivity index (χ0) is 6.97. The molecule has 0 bridgehead atoms. The summed E-state index contributed by atoms with van der Waals surface area (Å²) >= 11 is 0. The number of aromatic nitrogens is 2. The van der Waals surface area contributed by atoms with E-state index in [1.54, 1.807) is 0 Å². The fraction of sp³-hybridized carbons (Fsp3) is 0.625. The van der Waals surface area contributed by atoms with Crippen LogP contribution in [0, 0.1) is 5.92 Å². The van der Waals surface area contributed by atoms with Gasteiger partial charge in [0.2, 0.25) is 0 Å². The Balaban J connectivity index is 2.11. The van der Waals surface area contributed by atoms with Crippen LogP contribution >= 0.6 is 0 Å². The molecule has 1 heterocycles. The van der Waals surface area contributed by atoms with E-state index in [2.05, 4.69) is 16.7 Å². The molecule has 1 unspecified atom stereocenters. The van der Waals surface area contributed by atoms with Gasteiger partial charge in [0.1, 0.15) is 0 Å². The van der Waals surface area contributed by atoms with Crippen molar-refractivity contribution in [3.63, 3.8) is 0 Å². The first-order valence-electron chi connectivity index (χ1n) is 3.87. The largest absolute Gasteiger partial charge is 0.270 e. The molecule has 1 atom stereocenters. The van der Waals surface area contributed by atoms with Crippen molar-refractivity contribution in [2.24, 2.45) is 5.92 Å². The predicted molar refractivity (Wildman–Crippen MR) is 39.7 cm³/mol. The Hall–Kier alpha value is -0.790. The lowest BCUT2D eigenvalue weighted by Crippen LogP contribution is -2.06. The minimum atomic E-state index is 0.620. The maximum absolute atomic E-state index is 4.19. The Labute approximate surface area is 60.9 Å². The molecule has 54 valence electrons. The standard InChI is InChI=1S/C8H12N2/c1-7(8-3-4-8)10-6-2-5-9-10/h2,5-8H,3-4H2,1H3. The first kappa shape index (κ1) is 5.96. The smallest absolute Gasteiger partial charge is 0.0519 e. The SMILES string of the molecule is CC(C1CC1)n1cccn1. The number of hydrogen-bond donors (Lipinski definition) is 0. The molecule has 0 amide bonds. The highest BCUT2D eigenvalue weighted by Crippen LogP contribution is 2.38. The molecule has 10 heavy (non-hydrogen) atoms. The van der Waals surface area contributed by atoms with Crippen LogP contribution in [0.2, 0.25) is 0 Å². The van der Waals surface area contributed by atoms with Gasteiger partial charge >= 0.3 is 0 Å². The zero-order valence-corrected chi connectivity index (χ0v) is 6.20. The summed E-state index contributed by atoms with van der Waals surface area (Å²) in [4.78, 5) is 0. The third-order valence-electron chi connectivity index (χ3n) is 2.25. The summed E-state index contributed by atoms with van der Waals surface area (Å²) in [5.74, 6) is 0.903. The van der Waals surface area contributed by atoms with Gasteiger partial charge in [-0.25, -0.2) is 0 Å². The van der Waals surface area contributed by atoms with E-state index in [4.69, 9.17) is 0 Å². The van der Waals surface area contributed by atoms with Crippen molar-refractivity contribution in [2.75, 3.05) is 0 Å². The monoisotopic (exact) mass is 136 g/mol. The molecule has 2 nitrogen and oxygen atoms in total. The molecule has 1 aliphatic rings. The summed E-state index contributed by atoms with van der Waals surface area (Å²) in [7, 11) is 0. The third-order valence-corrected chi connectivity index (χ3v) is 2.25. The fourth-order valence-corrected chi connectivity index (χ4v) is 1.32. The number of hydrogen-bond acceptors (Lipinski definition) is 1. The molecule has 1 aliphatic carbocycles. The van der Waals surface area contributed by atoms with Crippen LogP contribution in [0.4, 0.5) is 0 Å². The highest BCUT2D eigenvalue weighted by Gasteiger charge is 2.28. The van der Waals surface area contributed by atoms with Crippen LogP contribution in [-0.2, 0) is 0 Å². The molecular weight excluding hydrogens is 124 g/mol. The summed E-state index contributed by atoms with van der Waals surface area (Å²) in [5, 5.41) is 4.19. The molecule has 0 aromatic carbocycles. The van der Waals surface area contributed by atoms with Gasteiger partial charge in [0.15, 0.2) is 0 Å². The maximum Gasteiger partial charge on any atom is 0.0519 e. The first-order chi connectivity index (χ1) is 4.88. The Morgan fingerprint density at radius 2 is 2.40 bits per heavy atom. The van der Waals surface area contributed by atoms with E-state index in [0.29, 0.717) is 6.04 Å². The van der Waals surface area contributed by atoms with Gasteiger partial charge in [-0.3, -0.25) is 4.68 Å². The molecule has 2 heteroatoms. The first-order valence-corrected chi connectivity index (χ1v) is 3.87. The number of nitrogens with zero attached hydrogens (tertiary/aromatic N) is 2. The molecule has 0 N–H and O–H groups in total. The second-order valence-corrected chi connectivity index (χ2v) is 3.06. The van der Waals surface area contributed by atoms with Crippen LogP contribution in [0.15, 0.2) is 18.5 Å². The van der Waals surface area contributed by atoms with E-state index in [1.807, 2.05) is 18.5 Å². The molecule has 1 fully saturated rings. The molecule has 1 saturated carbocycles. The Morgan fingerprint density at radius 1 is 1.60 bits per heavy atom. The summed E-state index contributed by atoms with van der Waals surface area (Å²) < 4.78 is 2.05. The highest BCUT2D eigenvalue weighted by molar-refractivity contribution is 4.87. The summed E-state index contributed by atoms with van der Waals surface area (Å²) in [5.41, 5.74) is 0. The lowest BCUT2D eigenvalue weighted by Gasteiger charge is -2.09. The van der Waals surface area contributed by atoms with E-state index in [-0.39, 0.29) is 0 Å². The van der Waals surface area contributed by atoms with E-state index >= 15 is 0 Å². The number of rotatable bonds is 2. The zero-order valence-electron chi connectivity index (χ0n) is 6.20. The normalized spacial score (nSPS) is 20.9. The van der Waals surface area contributed by atoms with E-state index in [9.17, 15) is 0 Å². The average molecular weight is 136 g/mol. The lowest BCUT2D eigenvalue weighted by molar-refractivity contribution is 0.440. The molecule has 0 aliphatic heterocycles. The van der Waals surface area contributed by atoms with Crippen LogP contribution in [0.5, 0.6) is 0 Å². The molecular formula is C8H12N2. The van der Waals surface area contributed by atoms with Gasteiger partial charge in [-0.05, 0) is 31.7 Å². The molecule has 0 spiro atoms. The minimum absolute atomic E-state index is 0.620. The van der Waals surface area contributed by atoms with Crippen LogP contribution in [0.3, 0.4) is 0 Å². The van der Waals surface area contributed by atoms with Gasteiger partial charge < -0.3 is 0 Å². The Kier molecular flexibility index (Phi) is 1.26. The van der Waals surface area contributed by atoms with Gasteiger partial charge in [0.05, 0.1) is 6.04 Å². The van der Waals surface area contributed by atoms with Crippen molar-refractivity contribution in [1.82, 2.24) is 9.78 Å². The Morgan fingerprint density at radius 3 is 2.90 bits per heavy atom. The molecule has 0 radical (unpaired) electrons. The molecule has 1 aromatic rings. The van der Waals surface area contributed by atoms with Gasteiger partial charge in [-0.15, -0.1) is 0 Å². The van der Waals surface area contributed by atoms with Gasteiger partial charge in [0.25, 0.3) is 0 Å². The highest BCUT2D eigenvalue weighted by atomic mass is 15.3. The second kappa shape index (κ2) is 2.11. The lowest BCUT2D eigenvalue weighted by atomic mass is 10.2. The summed E-state index contributed by atoms with van der Waals surface area (Å²) in [6.07, 6.45) is 6.67. The maximum atomic E-state index is 4.19. The van der Waals surface area contributed by atoms with Gasteiger partial charge in [-0.2, -0.15) is 5.10 Å². The van der Waals surface area contributed by atoms with Crippen LogP contribution in [-0.4, -0.2) is 9.78 Å². The summed E-state index contributed by atoms with van der Waals surface area (Å²) in [6.45, 7) is 2.24. The van der Waals surface area contributed by atoms with Crippen molar-refractivity contribution in [3.8, 4) is 0 Å². The summed E-state index contributed by atoms with van der Waals surface area (Å²) in [6, 6.07) is 2.61. The second-order valence-electron chi connectivity index (χ2n) is 3.06. The molecule has 2 rings (SSSR count). The van der Waals surface area contributed by atoms with Crippen molar-refractivity contribution < 1.29 is 0 Å². The minimum Gasteiger partial charge on any atom is -0.270 e. The van der Waals surface area contributed by atoms with Crippen LogP contribution in [0.1, 0.15) is 25.8 Å². The van der Waals surface area contributed by atoms with Crippen molar-refractivity contribution in [3.05, 3.63) is 18.5 Å². The predicted octanol–water partition coefficient (Wildman–Crippen LogP) is 1.85.